The second-order valence-electron chi connectivity index (χ2n) is 13.8. The molecule has 282 valence electrons. The molecule has 1 saturated carbocycles. The van der Waals surface area contributed by atoms with Gasteiger partial charge < -0.3 is 29.6 Å². The van der Waals surface area contributed by atoms with Gasteiger partial charge in [-0.05, 0) is 84.7 Å². The van der Waals surface area contributed by atoms with Gasteiger partial charge in [0, 0.05) is 68.3 Å². The van der Waals surface area contributed by atoms with Gasteiger partial charge in [0.2, 0.25) is 5.79 Å². The van der Waals surface area contributed by atoms with Crippen LogP contribution < -0.4 is 4.74 Å². The number of nitro groups is 1. The second kappa shape index (κ2) is 18.2. The highest BCUT2D eigenvalue weighted by atomic mass is 32.2. The minimum atomic E-state index is -1.12. The average molecular weight is 745 g/mol. The van der Waals surface area contributed by atoms with Gasteiger partial charge in [-0.1, -0.05) is 30.1 Å². The molecule has 3 N–H and O–H groups in total. The number of hydrogen-bond acceptors (Lipinski definition) is 12. The van der Waals surface area contributed by atoms with E-state index in [4.69, 9.17) is 19.5 Å². The highest BCUT2D eigenvalue weighted by Crippen LogP contribution is 2.62. The van der Waals surface area contributed by atoms with Crippen LogP contribution in [0.2, 0.25) is 0 Å². The SMILES string of the molecule is C=CCO[C@@]12Oc3ccc(O)cc3[C@H]3[C@H](CCCCO)[C@@H](CCCCO)C=C(C(=NOCc4ccc([N+](=O)[O-])cc4)C[C@@H]1SCCc1cnccn1)[C@H]32. The van der Waals surface area contributed by atoms with Gasteiger partial charge in [-0.3, -0.25) is 20.1 Å². The van der Waals surface area contributed by atoms with Gasteiger partial charge in [0.15, 0.2) is 0 Å². The van der Waals surface area contributed by atoms with E-state index in [0.717, 1.165) is 53.8 Å². The number of phenols is 1. The topological polar surface area (TPSA) is 170 Å². The minimum Gasteiger partial charge on any atom is -0.508 e. The molecular weight excluding hydrogens is 697 g/mol. The molecule has 1 fully saturated rings. The Balaban J connectivity index is 1.45. The van der Waals surface area contributed by atoms with E-state index in [0.29, 0.717) is 37.2 Å². The number of non-ortho nitro benzene ring substituents is 1. The molecule has 1 aliphatic heterocycles. The number of nitro benzene ring substituents is 1. The Morgan fingerprint density at radius 2 is 1.89 bits per heavy atom. The number of oxime groups is 1. The molecule has 6 rings (SSSR count). The molecule has 0 bridgehead atoms. The zero-order chi connectivity index (χ0) is 37.2. The van der Waals surface area contributed by atoms with Gasteiger partial charge in [-0.25, -0.2) is 0 Å². The summed E-state index contributed by atoms with van der Waals surface area (Å²) in [6.45, 7) is 4.58. The Hall–Kier alpha value is -4.30. The molecular formula is C40H48N4O8S. The molecule has 53 heavy (non-hydrogen) atoms. The third-order valence-corrected chi connectivity index (χ3v) is 11.8. The van der Waals surface area contributed by atoms with Crippen LogP contribution in [0.5, 0.6) is 11.5 Å². The molecule has 2 aliphatic carbocycles. The summed E-state index contributed by atoms with van der Waals surface area (Å²) in [5.41, 5.74) is 4.32. The summed E-state index contributed by atoms with van der Waals surface area (Å²) in [4.78, 5) is 25.5. The van der Waals surface area contributed by atoms with E-state index in [2.05, 4.69) is 22.6 Å². The van der Waals surface area contributed by atoms with Gasteiger partial charge >= 0.3 is 0 Å². The normalized spacial score (nSPS) is 25.1. The Morgan fingerprint density at radius 3 is 2.60 bits per heavy atom. The Bertz CT molecular complexity index is 1760. The molecule has 13 heteroatoms. The van der Waals surface area contributed by atoms with Gasteiger partial charge in [-0.2, -0.15) is 11.8 Å². The minimum absolute atomic E-state index is 0.00682. The first-order valence-corrected chi connectivity index (χ1v) is 19.4. The van der Waals surface area contributed by atoms with Crippen LogP contribution in [0.3, 0.4) is 0 Å². The number of aromatic nitrogens is 2. The Labute approximate surface area is 314 Å². The Morgan fingerprint density at radius 1 is 1.09 bits per heavy atom. The van der Waals surface area contributed by atoms with Gasteiger partial charge in [0.05, 0.1) is 34.1 Å². The zero-order valence-corrected chi connectivity index (χ0v) is 30.6. The first kappa shape index (κ1) is 38.4. The molecule has 0 spiro atoms. The van der Waals surface area contributed by atoms with Crippen molar-refractivity contribution in [2.45, 2.75) is 74.9 Å². The standard InChI is InChI=1S/C40H48N4O8S/c1-2-20-50-40-37(53-21-15-29-25-41-16-17-42-29)24-35(43-51-26-27-9-11-30(12-10-27)44(48)49)33-22-28(7-3-5-18-45)32(8-4-6-19-46)38(39(33)40)34-23-31(47)13-14-36(34)52-40/h2,9-14,16-17,22-23,25,28,32,37-39,45-47H,1,3-8,15,18-21,24,26H2/t28-,32+,37-,38+,39+,40+/m0/s1. The lowest BCUT2D eigenvalue weighted by molar-refractivity contribution is -0.384. The number of benzene rings is 2. The van der Waals surface area contributed by atoms with E-state index in [1.807, 2.05) is 12.1 Å². The zero-order valence-electron chi connectivity index (χ0n) is 29.8. The molecule has 0 amide bonds. The molecule has 0 unspecified atom stereocenters. The summed E-state index contributed by atoms with van der Waals surface area (Å²) in [6.07, 6.45) is 15.1. The molecule has 2 aromatic carbocycles. The summed E-state index contributed by atoms with van der Waals surface area (Å²) >= 11 is 1.73. The van der Waals surface area contributed by atoms with Crippen molar-refractivity contribution in [2.75, 3.05) is 25.6 Å². The first-order valence-electron chi connectivity index (χ1n) is 18.4. The summed E-state index contributed by atoms with van der Waals surface area (Å²) in [7, 11) is 0. The highest BCUT2D eigenvalue weighted by molar-refractivity contribution is 8.00. The molecule has 0 radical (unpaired) electrons. The molecule has 3 aliphatic rings. The smallest absolute Gasteiger partial charge is 0.269 e. The fraction of sp³-hybridized carbons (Fsp3) is 0.475. The number of hydrogen-bond donors (Lipinski definition) is 3. The van der Waals surface area contributed by atoms with E-state index in [1.54, 1.807) is 54.6 Å². The van der Waals surface area contributed by atoms with Crippen LogP contribution in [0.25, 0.3) is 0 Å². The molecule has 6 atom stereocenters. The van der Waals surface area contributed by atoms with E-state index in [1.165, 1.54) is 12.1 Å². The lowest BCUT2D eigenvalue weighted by Crippen LogP contribution is -2.64. The van der Waals surface area contributed by atoms with Crippen molar-refractivity contribution in [1.82, 2.24) is 9.97 Å². The number of phenolic OH excluding ortho intramolecular Hbond substituents is 1. The maximum atomic E-state index is 11.2. The van der Waals surface area contributed by atoms with Crippen LogP contribution in [0.1, 0.15) is 67.7 Å². The maximum absolute atomic E-state index is 11.2. The fourth-order valence-corrected chi connectivity index (χ4v) is 9.53. The number of ether oxygens (including phenoxy) is 2. The average Bonchev–Trinajstić information content (AvgIpc) is 3.17. The molecule has 2 heterocycles. The number of aryl methyl sites for hydroxylation is 1. The number of rotatable bonds is 19. The van der Waals surface area contributed by atoms with Crippen molar-refractivity contribution in [3.63, 3.8) is 0 Å². The van der Waals surface area contributed by atoms with E-state index in [-0.39, 0.29) is 66.8 Å². The predicted molar refractivity (Wildman–Crippen MR) is 203 cm³/mol. The number of aliphatic hydroxyl groups is 2. The number of thioether (sulfide) groups is 1. The van der Waals surface area contributed by atoms with Crippen LogP contribution in [0, 0.1) is 27.9 Å². The third-order valence-electron chi connectivity index (χ3n) is 10.5. The number of aliphatic hydroxyl groups excluding tert-OH is 2. The second-order valence-corrected chi connectivity index (χ2v) is 15.1. The van der Waals surface area contributed by atoms with Crippen molar-refractivity contribution < 1.29 is 34.6 Å². The number of fused-ring (bicyclic) bond motifs is 2. The predicted octanol–water partition coefficient (Wildman–Crippen LogP) is 6.90. The van der Waals surface area contributed by atoms with E-state index < -0.39 is 10.7 Å². The number of aromatic hydroxyl groups is 1. The quantitative estimate of drug-likeness (QED) is 0.0505. The maximum Gasteiger partial charge on any atom is 0.269 e. The summed E-state index contributed by atoms with van der Waals surface area (Å²) in [5, 5.41) is 46.1. The van der Waals surface area contributed by atoms with Crippen molar-refractivity contribution in [3.05, 3.63) is 112 Å². The fourth-order valence-electron chi connectivity index (χ4n) is 8.15. The van der Waals surface area contributed by atoms with Crippen molar-refractivity contribution in [3.8, 4) is 11.5 Å². The first-order chi connectivity index (χ1) is 25.9. The van der Waals surface area contributed by atoms with Gasteiger partial charge in [0.1, 0.15) is 18.1 Å². The van der Waals surface area contributed by atoms with Crippen LogP contribution >= 0.6 is 11.8 Å². The van der Waals surface area contributed by atoms with E-state index in [9.17, 15) is 25.4 Å². The number of nitrogens with zero attached hydrogens (tertiary/aromatic N) is 4. The monoisotopic (exact) mass is 744 g/mol. The lowest BCUT2D eigenvalue weighted by atomic mass is 9.56. The summed E-state index contributed by atoms with van der Waals surface area (Å²) in [6, 6.07) is 11.5. The van der Waals surface area contributed by atoms with Gasteiger partial charge in [-0.15, -0.1) is 6.58 Å². The van der Waals surface area contributed by atoms with Crippen LogP contribution in [-0.2, 0) is 22.6 Å². The lowest BCUT2D eigenvalue weighted by Gasteiger charge is -2.58. The molecule has 3 aromatic rings. The summed E-state index contributed by atoms with van der Waals surface area (Å²) < 4.78 is 14.0. The molecule has 1 aromatic heterocycles. The Kier molecular flexibility index (Phi) is 13.2. The van der Waals surface area contributed by atoms with Crippen LogP contribution in [0.15, 0.2) is 90.5 Å². The van der Waals surface area contributed by atoms with E-state index >= 15 is 0 Å². The number of allylic oxidation sites excluding steroid dienone is 1. The largest absolute Gasteiger partial charge is 0.508 e. The van der Waals surface area contributed by atoms with Crippen molar-refractivity contribution in [1.29, 1.82) is 0 Å². The highest BCUT2D eigenvalue weighted by Gasteiger charge is 2.63. The van der Waals surface area contributed by atoms with Crippen molar-refractivity contribution in [2.24, 2.45) is 22.9 Å². The molecule has 0 saturated heterocycles. The third kappa shape index (κ3) is 8.75. The number of unbranched alkanes of at least 4 members (excludes halogenated alkanes) is 2. The van der Waals surface area contributed by atoms with Crippen LogP contribution in [0.4, 0.5) is 5.69 Å². The molecule has 12 nitrogen and oxygen atoms in total. The van der Waals surface area contributed by atoms with Crippen molar-refractivity contribution >= 4 is 23.2 Å². The summed E-state index contributed by atoms with van der Waals surface area (Å²) in [5.74, 6) is 0.199. The van der Waals surface area contributed by atoms with Crippen LogP contribution in [-0.4, -0.2) is 72.5 Å². The van der Waals surface area contributed by atoms with Gasteiger partial charge in [0.25, 0.3) is 5.69 Å².